The monoisotopic (exact) mass is 459 g/mol. The predicted octanol–water partition coefficient (Wildman–Crippen LogP) is 2.35. The molecule has 0 bridgehead atoms. The van der Waals surface area contributed by atoms with Crippen LogP contribution in [0.25, 0.3) is 0 Å². The summed E-state index contributed by atoms with van der Waals surface area (Å²) in [4.78, 5) is 14.5. The van der Waals surface area contributed by atoms with Gasteiger partial charge in [0, 0.05) is 23.9 Å². The van der Waals surface area contributed by atoms with Gasteiger partial charge < -0.3 is 20.1 Å². The molecule has 2 aliphatic rings. The third kappa shape index (κ3) is 4.07. The van der Waals surface area contributed by atoms with Crippen molar-refractivity contribution in [3.8, 4) is 5.75 Å². The smallest absolute Gasteiger partial charge is 0.326 e. The number of anilines is 1. The summed E-state index contributed by atoms with van der Waals surface area (Å²) in [6, 6.07) is 13.8. The van der Waals surface area contributed by atoms with Gasteiger partial charge >= 0.3 is 5.97 Å². The van der Waals surface area contributed by atoms with E-state index < -0.39 is 33.4 Å². The van der Waals surface area contributed by atoms with Crippen LogP contribution in [0.5, 0.6) is 5.75 Å². The number of ether oxygens (including phenoxy) is 1. The fraction of sp³-hybridized carbons (Fsp3) is 0.435. The van der Waals surface area contributed by atoms with Crippen LogP contribution in [0, 0.1) is 5.92 Å². The minimum absolute atomic E-state index is 0.0473. The number of fused-ring (bicyclic) bond motifs is 3. The number of sulfonamides is 1. The zero-order valence-electron chi connectivity index (χ0n) is 18.2. The number of aliphatic carboxylic acids is 1. The summed E-state index contributed by atoms with van der Waals surface area (Å²) >= 11 is 0. The number of carboxylic acid groups (broad SMARTS) is 1. The van der Waals surface area contributed by atoms with Crippen molar-refractivity contribution in [2.75, 3.05) is 39.1 Å². The molecule has 0 radical (unpaired) electrons. The summed E-state index contributed by atoms with van der Waals surface area (Å²) in [7, 11) is -0.0810. The summed E-state index contributed by atoms with van der Waals surface area (Å²) < 4.78 is 35.0. The highest BCUT2D eigenvalue weighted by molar-refractivity contribution is 7.89. The molecule has 1 unspecified atom stereocenters. The average Bonchev–Trinajstić information content (AvgIpc) is 3.42. The van der Waals surface area contributed by atoms with Crippen molar-refractivity contribution in [3.05, 3.63) is 54.1 Å². The zero-order chi connectivity index (χ0) is 22.9. The van der Waals surface area contributed by atoms with Crippen molar-refractivity contribution in [1.82, 2.24) is 9.62 Å². The zero-order valence-corrected chi connectivity index (χ0v) is 19.1. The maximum absolute atomic E-state index is 13.4. The second kappa shape index (κ2) is 8.73. The first-order valence-electron chi connectivity index (χ1n) is 10.7. The topological polar surface area (TPSA) is 108 Å². The third-order valence-corrected chi connectivity index (χ3v) is 7.76. The molecule has 2 aromatic rings. The van der Waals surface area contributed by atoms with E-state index in [2.05, 4.69) is 14.9 Å². The molecule has 0 amide bonds. The Bertz CT molecular complexity index is 1100. The van der Waals surface area contributed by atoms with Crippen molar-refractivity contribution < 1.29 is 23.1 Å². The molecule has 172 valence electrons. The lowest BCUT2D eigenvalue weighted by molar-refractivity contribution is -0.140. The Balaban J connectivity index is 1.55. The van der Waals surface area contributed by atoms with Crippen LogP contribution in [0.2, 0.25) is 0 Å². The van der Waals surface area contributed by atoms with Gasteiger partial charge in [-0.15, -0.1) is 0 Å². The van der Waals surface area contributed by atoms with Crippen LogP contribution >= 0.6 is 0 Å². The molecule has 2 aromatic carbocycles. The molecule has 1 saturated carbocycles. The first-order chi connectivity index (χ1) is 15.3. The quantitative estimate of drug-likeness (QED) is 0.468. The number of carboxylic acids is 1. The highest BCUT2D eigenvalue weighted by Crippen LogP contribution is 2.62. The van der Waals surface area contributed by atoms with E-state index in [0.29, 0.717) is 18.0 Å². The fourth-order valence-electron chi connectivity index (χ4n) is 4.57. The third-order valence-electron chi connectivity index (χ3n) is 6.22. The Hall–Kier alpha value is -2.62. The number of hydrogen-bond donors (Lipinski definition) is 3. The van der Waals surface area contributed by atoms with Gasteiger partial charge in [0.15, 0.2) is 0 Å². The predicted molar refractivity (Wildman–Crippen MR) is 122 cm³/mol. The number of nitrogens with one attached hydrogen (secondary N) is 2. The molecule has 3 N–H and O–H groups in total. The largest absolute Gasteiger partial charge is 0.493 e. The number of nitrogens with zero attached hydrogens (tertiary/aromatic N) is 1. The molecule has 9 heteroatoms. The van der Waals surface area contributed by atoms with E-state index in [1.165, 1.54) is 6.07 Å². The van der Waals surface area contributed by atoms with Gasteiger partial charge in [0.25, 0.3) is 0 Å². The summed E-state index contributed by atoms with van der Waals surface area (Å²) in [5.74, 6) is -1.51. The lowest BCUT2D eigenvalue weighted by Gasteiger charge is -2.18. The maximum Gasteiger partial charge on any atom is 0.326 e. The Kier molecular flexibility index (Phi) is 6.15. The first-order valence-corrected chi connectivity index (χ1v) is 12.2. The molecule has 3 atom stereocenters. The summed E-state index contributed by atoms with van der Waals surface area (Å²) in [6.07, 6.45) is 1.87. The van der Waals surface area contributed by atoms with Crippen molar-refractivity contribution in [3.63, 3.8) is 0 Å². The van der Waals surface area contributed by atoms with Gasteiger partial charge in [-0.3, -0.25) is 4.79 Å². The standard InChI is InChI=1S/C23H29N3O5S/c1-26(2)14-8-7-13-24-18-10-4-6-12-20(18)32(29,30)25-23(22(27)28)17-15-31-19-11-5-3-9-16(19)21(17)23/h3-6,9-12,17,21,24-25H,7-8,13-15H2,1-2H3,(H,27,28)/t17-,21-,23?/m0/s1. The molecule has 1 heterocycles. The number of unbranched alkanes of at least 4 members (excludes halogenated alkanes) is 1. The van der Waals surface area contributed by atoms with Crippen molar-refractivity contribution >= 4 is 21.7 Å². The Labute approximate surface area is 188 Å². The molecule has 0 spiro atoms. The van der Waals surface area contributed by atoms with Crippen LogP contribution in [0.4, 0.5) is 5.69 Å². The van der Waals surface area contributed by atoms with E-state index in [0.717, 1.165) is 24.9 Å². The summed E-state index contributed by atoms with van der Waals surface area (Å²) in [5.41, 5.74) is -0.434. The Morgan fingerprint density at radius 1 is 1.16 bits per heavy atom. The van der Waals surface area contributed by atoms with E-state index >= 15 is 0 Å². The van der Waals surface area contributed by atoms with Crippen molar-refractivity contribution in [2.45, 2.75) is 29.2 Å². The number of benzene rings is 2. The van der Waals surface area contributed by atoms with Crippen molar-refractivity contribution in [1.29, 1.82) is 0 Å². The number of hydrogen-bond acceptors (Lipinski definition) is 6. The molecule has 8 nitrogen and oxygen atoms in total. The van der Waals surface area contributed by atoms with Crippen molar-refractivity contribution in [2.24, 2.45) is 5.92 Å². The Morgan fingerprint density at radius 3 is 2.62 bits per heavy atom. The van der Waals surface area contributed by atoms with Crippen LogP contribution in [0.3, 0.4) is 0 Å². The maximum atomic E-state index is 13.4. The van der Waals surface area contributed by atoms with Gasteiger partial charge in [-0.05, 0) is 51.7 Å². The van der Waals surface area contributed by atoms with E-state index in [1.807, 2.05) is 20.2 Å². The average molecular weight is 460 g/mol. The molecule has 0 aromatic heterocycles. The van der Waals surface area contributed by atoms with Crippen LogP contribution in [0.1, 0.15) is 24.3 Å². The van der Waals surface area contributed by atoms with Crippen LogP contribution in [-0.4, -0.2) is 63.7 Å². The molecular formula is C23H29N3O5S. The van der Waals surface area contributed by atoms with Crippen LogP contribution in [0.15, 0.2) is 53.4 Å². The van der Waals surface area contributed by atoms with E-state index in [1.54, 1.807) is 36.4 Å². The van der Waals surface area contributed by atoms with E-state index in [4.69, 9.17) is 4.74 Å². The van der Waals surface area contributed by atoms with Gasteiger partial charge in [0.05, 0.1) is 12.3 Å². The highest BCUT2D eigenvalue weighted by Gasteiger charge is 2.74. The van der Waals surface area contributed by atoms with Gasteiger partial charge in [-0.1, -0.05) is 30.3 Å². The van der Waals surface area contributed by atoms with Gasteiger partial charge in [0.2, 0.25) is 10.0 Å². The Morgan fingerprint density at radius 2 is 1.88 bits per heavy atom. The van der Waals surface area contributed by atoms with E-state index in [9.17, 15) is 18.3 Å². The molecule has 0 saturated heterocycles. The SMILES string of the molecule is CN(C)CCCCNc1ccccc1S(=O)(=O)NC1(C(=O)O)[C@H]2COc3ccccc3[C@@H]21. The van der Waals surface area contributed by atoms with Crippen LogP contribution in [-0.2, 0) is 14.8 Å². The number of carbonyl (C=O) groups is 1. The number of rotatable bonds is 10. The fourth-order valence-corrected chi connectivity index (χ4v) is 6.18. The molecular weight excluding hydrogens is 430 g/mol. The second-order valence-corrected chi connectivity index (χ2v) is 10.3. The molecule has 1 fully saturated rings. The molecule has 32 heavy (non-hydrogen) atoms. The lowest BCUT2D eigenvalue weighted by Crippen LogP contribution is -2.46. The minimum atomic E-state index is -4.11. The highest BCUT2D eigenvalue weighted by atomic mass is 32.2. The van der Waals surface area contributed by atoms with Gasteiger partial charge in [0.1, 0.15) is 16.2 Å². The molecule has 4 rings (SSSR count). The van der Waals surface area contributed by atoms with Gasteiger partial charge in [-0.2, -0.15) is 4.72 Å². The van der Waals surface area contributed by atoms with Gasteiger partial charge in [-0.25, -0.2) is 8.42 Å². The van der Waals surface area contributed by atoms with Crippen LogP contribution < -0.4 is 14.8 Å². The normalized spacial score (nSPS) is 23.7. The summed E-state index contributed by atoms with van der Waals surface area (Å²) in [6.45, 7) is 1.73. The minimum Gasteiger partial charge on any atom is -0.493 e. The first kappa shape index (κ1) is 22.6. The lowest BCUT2D eigenvalue weighted by atomic mass is 10.0. The summed E-state index contributed by atoms with van der Waals surface area (Å²) in [5, 5.41) is 13.3. The number of para-hydroxylation sites is 2. The molecule has 1 aliphatic carbocycles. The van der Waals surface area contributed by atoms with E-state index in [-0.39, 0.29) is 11.5 Å². The molecule has 1 aliphatic heterocycles. The second-order valence-electron chi connectivity index (χ2n) is 8.65.